The first-order valence-electron chi connectivity index (χ1n) is 7.37. The summed E-state index contributed by atoms with van der Waals surface area (Å²) < 4.78 is 20.1. The van der Waals surface area contributed by atoms with Crippen molar-refractivity contribution in [1.29, 1.82) is 0 Å². The zero-order valence-corrected chi connectivity index (χ0v) is 13.7. The SMILES string of the molecule is Fc1cc(OC2CC(Cl)C23CCCCCC3)ccc1Br. The molecule has 0 radical (unpaired) electrons. The zero-order chi connectivity index (χ0) is 14.2. The van der Waals surface area contributed by atoms with Crippen LogP contribution in [0.1, 0.15) is 44.9 Å². The Hall–Kier alpha value is -0.280. The van der Waals surface area contributed by atoms with Crippen LogP contribution in [0.25, 0.3) is 0 Å². The van der Waals surface area contributed by atoms with Crippen LogP contribution >= 0.6 is 27.5 Å². The van der Waals surface area contributed by atoms with Gasteiger partial charge in [0.15, 0.2) is 0 Å². The molecular formula is C16H19BrClFO. The van der Waals surface area contributed by atoms with Crippen LogP contribution in [-0.4, -0.2) is 11.5 Å². The fraction of sp³-hybridized carbons (Fsp3) is 0.625. The maximum Gasteiger partial charge on any atom is 0.141 e. The van der Waals surface area contributed by atoms with Crippen LogP contribution in [0, 0.1) is 11.2 Å². The molecule has 0 aliphatic heterocycles. The minimum atomic E-state index is -0.279. The van der Waals surface area contributed by atoms with Crippen LogP contribution in [0.3, 0.4) is 0 Å². The van der Waals surface area contributed by atoms with Gasteiger partial charge in [0.1, 0.15) is 17.7 Å². The number of benzene rings is 1. The van der Waals surface area contributed by atoms with Crippen molar-refractivity contribution in [3.8, 4) is 5.75 Å². The standard InChI is InChI=1S/C16H19BrClFO/c17-12-6-5-11(9-13(12)19)20-15-10-14(18)16(15)7-3-1-2-4-8-16/h5-6,9,14-15H,1-4,7-8,10H2. The smallest absolute Gasteiger partial charge is 0.141 e. The van der Waals surface area contributed by atoms with E-state index in [2.05, 4.69) is 15.9 Å². The maximum atomic E-state index is 13.6. The average molecular weight is 362 g/mol. The van der Waals surface area contributed by atoms with E-state index >= 15 is 0 Å². The van der Waals surface area contributed by atoms with Crippen molar-refractivity contribution in [2.75, 3.05) is 0 Å². The van der Waals surface area contributed by atoms with Crippen molar-refractivity contribution in [3.63, 3.8) is 0 Å². The van der Waals surface area contributed by atoms with Gasteiger partial charge in [-0.15, -0.1) is 11.6 Å². The highest BCUT2D eigenvalue weighted by atomic mass is 79.9. The molecule has 4 heteroatoms. The van der Waals surface area contributed by atoms with Crippen molar-refractivity contribution < 1.29 is 9.13 Å². The average Bonchev–Trinajstić information content (AvgIpc) is 2.70. The van der Waals surface area contributed by atoms with E-state index in [1.165, 1.54) is 31.7 Å². The molecular weight excluding hydrogens is 343 g/mol. The van der Waals surface area contributed by atoms with Gasteiger partial charge in [0.2, 0.25) is 0 Å². The number of ether oxygens (including phenoxy) is 1. The normalized spacial score (nSPS) is 28.8. The van der Waals surface area contributed by atoms with Crippen LogP contribution in [0.5, 0.6) is 5.75 Å². The Morgan fingerprint density at radius 3 is 2.50 bits per heavy atom. The fourth-order valence-corrected chi connectivity index (χ4v) is 4.37. The van der Waals surface area contributed by atoms with Crippen molar-refractivity contribution in [2.45, 2.75) is 56.4 Å². The number of rotatable bonds is 2. The molecule has 0 N–H and O–H groups in total. The quantitative estimate of drug-likeness (QED) is 0.615. The van der Waals surface area contributed by atoms with Crippen molar-refractivity contribution >= 4 is 27.5 Å². The summed E-state index contributed by atoms with van der Waals surface area (Å²) in [6, 6.07) is 4.97. The Morgan fingerprint density at radius 2 is 1.90 bits per heavy atom. The second-order valence-electron chi connectivity index (χ2n) is 6.03. The Labute approximate surface area is 133 Å². The molecule has 0 saturated heterocycles. The van der Waals surface area contributed by atoms with E-state index in [9.17, 15) is 4.39 Å². The van der Waals surface area contributed by atoms with E-state index < -0.39 is 0 Å². The molecule has 0 bridgehead atoms. The van der Waals surface area contributed by atoms with E-state index in [1.807, 2.05) is 6.07 Å². The van der Waals surface area contributed by atoms with Gasteiger partial charge >= 0.3 is 0 Å². The van der Waals surface area contributed by atoms with E-state index in [0.29, 0.717) is 10.2 Å². The second-order valence-corrected chi connectivity index (χ2v) is 7.41. The van der Waals surface area contributed by atoms with Gasteiger partial charge in [0, 0.05) is 23.3 Å². The van der Waals surface area contributed by atoms with Gasteiger partial charge in [-0.2, -0.15) is 0 Å². The van der Waals surface area contributed by atoms with E-state index in [1.54, 1.807) is 6.07 Å². The molecule has 2 aliphatic carbocycles. The fourth-order valence-electron chi connectivity index (χ4n) is 3.60. The molecule has 3 rings (SSSR count). The Morgan fingerprint density at radius 1 is 1.20 bits per heavy atom. The van der Waals surface area contributed by atoms with Crippen molar-refractivity contribution in [3.05, 3.63) is 28.5 Å². The van der Waals surface area contributed by atoms with E-state index in [-0.39, 0.29) is 22.7 Å². The third kappa shape index (κ3) is 2.59. The Kier molecular flexibility index (Phi) is 4.28. The first-order valence-corrected chi connectivity index (χ1v) is 8.60. The van der Waals surface area contributed by atoms with Gasteiger partial charge in [-0.3, -0.25) is 0 Å². The highest BCUT2D eigenvalue weighted by molar-refractivity contribution is 9.10. The summed E-state index contributed by atoms with van der Waals surface area (Å²) in [6.07, 6.45) is 8.36. The van der Waals surface area contributed by atoms with Crippen LogP contribution < -0.4 is 4.74 Å². The lowest BCUT2D eigenvalue weighted by atomic mass is 9.61. The molecule has 1 nitrogen and oxygen atoms in total. The molecule has 2 unspecified atom stereocenters. The molecule has 110 valence electrons. The minimum absolute atomic E-state index is 0.113. The third-order valence-electron chi connectivity index (χ3n) is 4.89. The van der Waals surface area contributed by atoms with Crippen LogP contribution in [0.2, 0.25) is 0 Å². The molecule has 2 atom stereocenters. The summed E-state index contributed by atoms with van der Waals surface area (Å²) in [5.41, 5.74) is 0.113. The first kappa shape index (κ1) is 14.6. The summed E-state index contributed by atoms with van der Waals surface area (Å²) >= 11 is 9.68. The lowest BCUT2D eigenvalue weighted by Crippen LogP contribution is -2.57. The Bertz CT molecular complexity index is 485. The highest BCUT2D eigenvalue weighted by Gasteiger charge is 2.55. The predicted octanol–water partition coefficient (Wildman–Crippen LogP) is 5.69. The summed E-state index contributed by atoms with van der Waals surface area (Å²) in [5.74, 6) is 0.335. The van der Waals surface area contributed by atoms with Gasteiger partial charge < -0.3 is 4.74 Å². The third-order valence-corrected chi connectivity index (χ3v) is 6.15. The molecule has 0 heterocycles. The minimum Gasteiger partial charge on any atom is -0.490 e. The molecule has 0 aromatic heterocycles. The summed E-state index contributed by atoms with van der Waals surface area (Å²) in [7, 11) is 0. The van der Waals surface area contributed by atoms with Gasteiger partial charge in [-0.1, -0.05) is 25.7 Å². The summed E-state index contributed by atoms with van der Waals surface area (Å²) in [4.78, 5) is 0. The molecule has 2 saturated carbocycles. The first-order chi connectivity index (χ1) is 9.62. The topological polar surface area (TPSA) is 9.23 Å². The van der Waals surface area contributed by atoms with Crippen molar-refractivity contribution in [2.24, 2.45) is 5.41 Å². The van der Waals surface area contributed by atoms with E-state index in [0.717, 1.165) is 19.3 Å². The summed E-state index contributed by atoms with van der Waals surface area (Å²) in [6.45, 7) is 0. The largest absolute Gasteiger partial charge is 0.490 e. The van der Waals surface area contributed by atoms with Gasteiger partial charge in [0.05, 0.1) is 4.47 Å². The molecule has 2 fully saturated rings. The molecule has 1 aromatic rings. The molecule has 1 aromatic carbocycles. The molecule has 1 spiro atoms. The lowest BCUT2D eigenvalue weighted by molar-refractivity contribution is -0.0513. The lowest BCUT2D eigenvalue weighted by Gasteiger charge is -2.53. The zero-order valence-electron chi connectivity index (χ0n) is 11.4. The van der Waals surface area contributed by atoms with Crippen LogP contribution in [0.15, 0.2) is 22.7 Å². The number of hydrogen-bond donors (Lipinski definition) is 0. The molecule has 20 heavy (non-hydrogen) atoms. The number of alkyl halides is 1. The molecule has 0 amide bonds. The Balaban J connectivity index is 1.75. The maximum absolute atomic E-state index is 13.6. The van der Waals surface area contributed by atoms with Gasteiger partial charge in [0.25, 0.3) is 0 Å². The van der Waals surface area contributed by atoms with E-state index in [4.69, 9.17) is 16.3 Å². The van der Waals surface area contributed by atoms with Gasteiger partial charge in [-0.05, 0) is 40.9 Å². The monoisotopic (exact) mass is 360 g/mol. The van der Waals surface area contributed by atoms with Gasteiger partial charge in [-0.25, -0.2) is 4.39 Å². The van der Waals surface area contributed by atoms with Crippen LogP contribution in [-0.2, 0) is 0 Å². The second kappa shape index (κ2) is 5.84. The van der Waals surface area contributed by atoms with Crippen molar-refractivity contribution in [1.82, 2.24) is 0 Å². The molecule has 2 aliphatic rings. The summed E-state index contributed by atoms with van der Waals surface area (Å²) in [5, 5.41) is 0.214. The number of hydrogen-bond acceptors (Lipinski definition) is 1. The number of halogens is 3. The highest BCUT2D eigenvalue weighted by Crippen LogP contribution is 2.55. The van der Waals surface area contributed by atoms with Crippen LogP contribution in [0.4, 0.5) is 4.39 Å². The predicted molar refractivity (Wildman–Crippen MR) is 82.9 cm³/mol.